The van der Waals surface area contributed by atoms with Crippen molar-refractivity contribution in [3.8, 4) is 0 Å². The highest BCUT2D eigenvalue weighted by Gasteiger charge is 1.94. The van der Waals surface area contributed by atoms with Crippen molar-refractivity contribution in [2.75, 3.05) is 0 Å². The van der Waals surface area contributed by atoms with Gasteiger partial charge in [0.1, 0.15) is 0 Å². The molecule has 0 amide bonds. The third kappa shape index (κ3) is 0.940. The van der Waals surface area contributed by atoms with Crippen LogP contribution in [-0.4, -0.2) is 0 Å². The molecule has 0 fully saturated rings. The van der Waals surface area contributed by atoms with Crippen LogP contribution in [0, 0.1) is 6.57 Å². The average molecular weight is 188 g/mol. The van der Waals surface area contributed by atoms with Crippen LogP contribution in [0.5, 0.6) is 0 Å². The van der Waals surface area contributed by atoms with Crippen molar-refractivity contribution < 1.29 is 0 Å². The van der Waals surface area contributed by atoms with Crippen LogP contribution < -0.4 is 0 Å². The van der Waals surface area contributed by atoms with Crippen LogP contribution in [0.2, 0.25) is 0 Å². The molecule has 0 aliphatic heterocycles. The van der Waals surface area contributed by atoms with E-state index in [1.54, 1.807) is 0 Å². The number of nitrogens with zero attached hydrogens (tertiary/aromatic N) is 1. The molecule has 0 radical (unpaired) electrons. The normalized spacial score (nSPS) is 9.50. The van der Waals surface area contributed by atoms with E-state index in [0.717, 1.165) is 9.89 Å². The standard InChI is InChI=1S/C5H3BrNP/c1-7-4-2-3-8-5(4)6/h2-3,8H. The Labute approximate surface area is 57.8 Å². The van der Waals surface area contributed by atoms with Gasteiger partial charge in [0.05, 0.1) is 6.57 Å². The molecule has 0 saturated heterocycles. The van der Waals surface area contributed by atoms with Gasteiger partial charge in [-0.25, -0.2) is 4.85 Å². The van der Waals surface area contributed by atoms with E-state index in [1.807, 2.05) is 11.9 Å². The van der Waals surface area contributed by atoms with Crippen LogP contribution in [0.3, 0.4) is 0 Å². The van der Waals surface area contributed by atoms with E-state index >= 15 is 0 Å². The summed E-state index contributed by atoms with van der Waals surface area (Å²) in [6.45, 7) is 6.62. The largest absolute Gasteiger partial charge is 0.237 e. The zero-order chi connectivity index (χ0) is 5.98. The molecule has 8 heavy (non-hydrogen) atoms. The topological polar surface area (TPSA) is 4.36 Å². The lowest BCUT2D eigenvalue weighted by Gasteiger charge is -1.76. The van der Waals surface area contributed by atoms with Gasteiger partial charge in [-0.3, -0.25) is 0 Å². The monoisotopic (exact) mass is 187 g/mol. The van der Waals surface area contributed by atoms with E-state index in [0.29, 0.717) is 8.19 Å². The minimum absolute atomic E-state index is 0.672. The smallest absolute Gasteiger partial charge is 0.205 e. The second-order valence-corrected chi connectivity index (χ2v) is 3.94. The predicted molar refractivity (Wildman–Crippen MR) is 39.9 cm³/mol. The molecule has 1 rings (SSSR count). The van der Waals surface area contributed by atoms with Gasteiger partial charge in [0.2, 0.25) is 5.69 Å². The summed E-state index contributed by atoms with van der Waals surface area (Å²) in [6, 6.07) is 1.84. The molecule has 1 heterocycles. The summed E-state index contributed by atoms with van der Waals surface area (Å²) in [7, 11) is 0.672. The number of hydrogen-bond acceptors (Lipinski definition) is 0. The summed E-state index contributed by atoms with van der Waals surface area (Å²) in [4.78, 5) is 3.27. The van der Waals surface area contributed by atoms with Gasteiger partial charge in [0.15, 0.2) is 0 Å². The fourth-order valence-corrected chi connectivity index (χ4v) is 1.72. The third-order valence-electron chi connectivity index (χ3n) is 0.797. The predicted octanol–water partition coefficient (Wildman–Crippen LogP) is 3.03. The van der Waals surface area contributed by atoms with Gasteiger partial charge >= 0.3 is 0 Å². The highest BCUT2D eigenvalue weighted by Crippen LogP contribution is 2.34. The highest BCUT2D eigenvalue weighted by molar-refractivity contribution is 9.11. The molecule has 1 unspecified atom stereocenters. The van der Waals surface area contributed by atoms with E-state index in [2.05, 4.69) is 20.8 Å². The van der Waals surface area contributed by atoms with Crippen molar-refractivity contribution in [3.05, 3.63) is 27.5 Å². The molecule has 0 spiro atoms. The number of halogens is 1. The Morgan fingerprint density at radius 3 is 2.75 bits per heavy atom. The Balaban J connectivity index is 3.15. The molecule has 1 aromatic heterocycles. The Hall–Kier alpha value is -0.250. The van der Waals surface area contributed by atoms with Crippen molar-refractivity contribution in [1.29, 1.82) is 0 Å². The Morgan fingerprint density at radius 2 is 2.50 bits per heavy atom. The Kier molecular flexibility index (Phi) is 1.73. The molecule has 0 aliphatic rings. The third-order valence-corrected chi connectivity index (χ3v) is 2.73. The van der Waals surface area contributed by atoms with E-state index in [9.17, 15) is 0 Å². The van der Waals surface area contributed by atoms with Crippen molar-refractivity contribution in [1.82, 2.24) is 0 Å². The first kappa shape index (κ1) is 5.88. The van der Waals surface area contributed by atoms with Crippen molar-refractivity contribution in [3.63, 3.8) is 0 Å². The molecule has 0 aliphatic carbocycles. The van der Waals surface area contributed by atoms with Crippen LogP contribution in [0.4, 0.5) is 5.69 Å². The van der Waals surface area contributed by atoms with Gasteiger partial charge in [-0.2, -0.15) is 0 Å². The quantitative estimate of drug-likeness (QED) is 0.551. The molecule has 40 valence electrons. The maximum atomic E-state index is 6.62. The lowest BCUT2D eigenvalue weighted by atomic mass is 10.6. The second-order valence-electron chi connectivity index (χ2n) is 1.29. The summed E-state index contributed by atoms with van der Waals surface area (Å²) >= 11 is 3.28. The lowest BCUT2D eigenvalue weighted by molar-refractivity contribution is 1.92. The summed E-state index contributed by atoms with van der Waals surface area (Å²) in [5.74, 6) is 2.00. The summed E-state index contributed by atoms with van der Waals surface area (Å²) in [6.07, 6.45) is 0. The zero-order valence-corrected chi connectivity index (χ0v) is 6.57. The summed E-state index contributed by atoms with van der Waals surface area (Å²) in [5, 5.41) is 0. The molecular weight excluding hydrogens is 185 g/mol. The van der Waals surface area contributed by atoms with Gasteiger partial charge in [-0.1, -0.05) is 27.8 Å². The van der Waals surface area contributed by atoms with E-state index < -0.39 is 0 Å². The van der Waals surface area contributed by atoms with Gasteiger partial charge in [-0.05, 0) is 0 Å². The SMILES string of the molecule is [C-]#[N+]c1cc[pH]c1Br. The van der Waals surface area contributed by atoms with Crippen LogP contribution in [0.1, 0.15) is 0 Å². The molecule has 1 aromatic rings. The number of hydrogen-bond donors (Lipinski definition) is 0. The molecule has 0 aromatic carbocycles. The van der Waals surface area contributed by atoms with E-state index in [-0.39, 0.29) is 0 Å². The van der Waals surface area contributed by atoms with Crippen LogP contribution >= 0.6 is 24.1 Å². The summed E-state index contributed by atoms with van der Waals surface area (Å²) < 4.78 is 1.03. The van der Waals surface area contributed by atoms with Gasteiger partial charge < -0.3 is 0 Å². The molecule has 1 atom stereocenters. The highest BCUT2D eigenvalue weighted by atomic mass is 79.9. The second kappa shape index (κ2) is 2.35. The van der Waals surface area contributed by atoms with E-state index in [1.165, 1.54) is 0 Å². The lowest BCUT2D eigenvalue weighted by Crippen LogP contribution is -1.42. The van der Waals surface area contributed by atoms with Crippen LogP contribution in [-0.2, 0) is 0 Å². The Bertz CT molecular complexity index is 223. The van der Waals surface area contributed by atoms with Gasteiger partial charge in [-0.15, -0.1) is 8.19 Å². The summed E-state index contributed by atoms with van der Waals surface area (Å²) in [5.41, 5.74) is 0.753. The fourth-order valence-electron chi connectivity index (χ4n) is 0.427. The maximum absolute atomic E-state index is 6.62. The van der Waals surface area contributed by atoms with Crippen LogP contribution in [0.25, 0.3) is 4.85 Å². The number of rotatable bonds is 0. The first-order chi connectivity index (χ1) is 3.84. The Morgan fingerprint density at radius 1 is 1.75 bits per heavy atom. The average Bonchev–Trinajstić information content (AvgIpc) is 2.14. The molecule has 3 heteroatoms. The fraction of sp³-hybridized carbons (Fsp3) is 0. The zero-order valence-electron chi connectivity index (χ0n) is 3.98. The maximum Gasteiger partial charge on any atom is 0.205 e. The van der Waals surface area contributed by atoms with Crippen molar-refractivity contribution in [2.45, 2.75) is 0 Å². The molecule has 0 bridgehead atoms. The first-order valence-electron chi connectivity index (χ1n) is 2.05. The molecule has 0 saturated carbocycles. The van der Waals surface area contributed by atoms with Gasteiger partial charge in [0, 0.05) is 4.20 Å². The van der Waals surface area contributed by atoms with Crippen molar-refractivity contribution in [2.24, 2.45) is 0 Å². The van der Waals surface area contributed by atoms with E-state index in [4.69, 9.17) is 6.57 Å². The van der Waals surface area contributed by atoms with Crippen LogP contribution in [0.15, 0.2) is 16.1 Å². The van der Waals surface area contributed by atoms with Gasteiger partial charge in [0.25, 0.3) is 0 Å². The minimum Gasteiger partial charge on any atom is -0.237 e. The van der Waals surface area contributed by atoms with Crippen molar-refractivity contribution >= 4 is 29.8 Å². The first-order valence-corrected chi connectivity index (χ1v) is 3.92. The molecule has 1 nitrogen and oxygen atoms in total. The molecule has 0 N–H and O–H groups in total. The molecular formula is C5H3BrNP. The minimum atomic E-state index is 0.672.